The fourth-order valence-electron chi connectivity index (χ4n) is 3.02. The fourth-order valence-corrected chi connectivity index (χ4v) is 3.02. The molecule has 0 N–H and O–H groups in total. The number of hydrogen-bond acceptors (Lipinski definition) is 6. The summed E-state index contributed by atoms with van der Waals surface area (Å²) in [6, 6.07) is 13.8. The highest BCUT2D eigenvalue weighted by Gasteiger charge is 2.20. The lowest BCUT2D eigenvalue weighted by Crippen LogP contribution is -2.28. The molecule has 31 heavy (non-hydrogen) atoms. The molecule has 0 aliphatic carbocycles. The molecule has 6 nitrogen and oxygen atoms in total. The van der Waals surface area contributed by atoms with Crippen LogP contribution in [0.2, 0.25) is 0 Å². The van der Waals surface area contributed by atoms with E-state index in [-0.39, 0.29) is 18.4 Å². The topological polar surface area (TPSA) is 70.5 Å². The molecular formula is C24H25FN2O4. The molecule has 0 amide bonds. The number of carbonyl (C=O) groups excluding carboxylic acids is 1. The van der Waals surface area contributed by atoms with Crippen molar-refractivity contribution in [3.05, 3.63) is 77.9 Å². The number of carbonyl (C=O) groups is 1. The molecule has 1 aromatic heterocycles. The van der Waals surface area contributed by atoms with E-state index in [0.29, 0.717) is 36.8 Å². The summed E-state index contributed by atoms with van der Waals surface area (Å²) in [5.74, 6) is 0.246. The van der Waals surface area contributed by atoms with E-state index >= 15 is 0 Å². The number of esters is 1. The summed E-state index contributed by atoms with van der Waals surface area (Å²) in [4.78, 5) is 20.2. The first-order valence-corrected chi connectivity index (χ1v) is 10.2. The third-order valence-electron chi connectivity index (χ3n) is 4.50. The average molecular weight is 424 g/mol. The Morgan fingerprint density at radius 1 is 1.00 bits per heavy atom. The van der Waals surface area contributed by atoms with Gasteiger partial charge in [-0.3, -0.25) is 0 Å². The highest BCUT2D eigenvalue weighted by molar-refractivity contribution is 5.75. The molecule has 0 bridgehead atoms. The van der Waals surface area contributed by atoms with Gasteiger partial charge >= 0.3 is 5.97 Å². The number of ether oxygens (including phenoxy) is 3. The van der Waals surface area contributed by atoms with E-state index in [4.69, 9.17) is 14.2 Å². The lowest BCUT2D eigenvalue weighted by atomic mass is 10.1. The second kappa shape index (κ2) is 11.2. The summed E-state index contributed by atoms with van der Waals surface area (Å²) in [6.45, 7) is 4.62. The summed E-state index contributed by atoms with van der Waals surface area (Å²) < 4.78 is 30.6. The van der Waals surface area contributed by atoms with Crippen LogP contribution in [0.3, 0.4) is 0 Å². The van der Waals surface area contributed by atoms with Crippen molar-refractivity contribution in [1.29, 1.82) is 0 Å². The summed E-state index contributed by atoms with van der Waals surface area (Å²) in [7, 11) is 0. The first-order chi connectivity index (χ1) is 15.1. The summed E-state index contributed by atoms with van der Waals surface area (Å²) in [5, 5.41) is 0. The Labute approximate surface area is 181 Å². The zero-order valence-corrected chi connectivity index (χ0v) is 17.6. The van der Waals surface area contributed by atoms with Gasteiger partial charge in [0.1, 0.15) is 18.2 Å². The van der Waals surface area contributed by atoms with Crippen LogP contribution in [0.4, 0.5) is 4.39 Å². The van der Waals surface area contributed by atoms with Crippen molar-refractivity contribution in [3.63, 3.8) is 0 Å². The van der Waals surface area contributed by atoms with Crippen molar-refractivity contribution in [2.24, 2.45) is 0 Å². The van der Waals surface area contributed by atoms with E-state index in [9.17, 15) is 9.18 Å². The number of benzene rings is 2. The van der Waals surface area contributed by atoms with E-state index in [0.717, 1.165) is 11.1 Å². The fraction of sp³-hybridized carbons (Fsp3) is 0.292. The zero-order valence-electron chi connectivity index (χ0n) is 17.6. The second-order valence-electron chi connectivity index (χ2n) is 6.72. The smallest absolute Gasteiger partial charge is 0.335 e. The molecule has 2 aromatic carbocycles. The second-order valence-corrected chi connectivity index (χ2v) is 6.72. The molecule has 1 atom stereocenters. The maximum atomic E-state index is 14.2. The van der Waals surface area contributed by atoms with E-state index in [1.165, 1.54) is 6.07 Å². The summed E-state index contributed by atoms with van der Waals surface area (Å²) in [6.07, 6.45) is 2.94. The minimum absolute atomic E-state index is 0.268. The van der Waals surface area contributed by atoms with Crippen LogP contribution in [-0.2, 0) is 27.3 Å². The van der Waals surface area contributed by atoms with Crippen LogP contribution in [0, 0.1) is 5.82 Å². The van der Waals surface area contributed by atoms with Gasteiger partial charge in [0, 0.05) is 25.4 Å². The molecule has 162 valence electrons. The van der Waals surface area contributed by atoms with E-state index in [2.05, 4.69) is 9.97 Å². The lowest BCUT2D eigenvalue weighted by molar-refractivity contribution is -0.156. The predicted octanol–water partition coefficient (Wildman–Crippen LogP) is 4.37. The highest BCUT2D eigenvalue weighted by Crippen LogP contribution is 2.22. The Morgan fingerprint density at radius 2 is 1.71 bits per heavy atom. The van der Waals surface area contributed by atoms with Gasteiger partial charge in [0.05, 0.1) is 12.2 Å². The minimum Gasteiger partial charge on any atom is -0.489 e. The Bertz CT molecular complexity index is 981. The SMILES string of the molecule is CCOC(=O)C(Cc1ccc(OCc2ccc(F)c(-c3ncccn3)c2)cc1)OCC. The highest BCUT2D eigenvalue weighted by atomic mass is 19.1. The van der Waals surface area contributed by atoms with Crippen molar-refractivity contribution >= 4 is 5.97 Å². The number of rotatable bonds is 10. The van der Waals surface area contributed by atoms with Gasteiger partial charge in [-0.15, -0.1) is 0 Å². The predicted molar refractivity (Wildman–Crippen MR) is 114 cm³/mol. The molecule has 0 saturated carbocycles. The molecule has 3 aromatic rings. The average Bonchev–Trinajstić information content (AvgIpc) is 2.80. The number of hydrogen-bond donors (Lipinski definition) is 0. The normalized spacial score (nSPS) is 11.7. The van der Waals surface area contributed by atoms with E-state index < -0.39 is 6.10 Å². The van der Waals surface area contributed by atoms with Gasteiger partial charge in [-0.1, -0.05) is 18.2 Å². The van der Waals surface area contributed by atoms with Crippen LogP contribution in [0.1, 0.15) is 25.0 Å². The van der Waals surface area contributed by atoms with Crippen LogP contribution >= 0.6 is 0 Å². The van der Waals surface area contributed by atoms with Crippen molar-refractivity contribution < 1.29 is 23.4 Å². The first-order valence-electron chi connectivity index (χ1n) is 10.2. The van der Waals surface area contributed by atoms with Gasteiger partial charge in [0.2, 0.25) is 0 Å². The quantitative estimate of drug-likeness (QED) is 0.450. The zero-order chi connectivity index (χ0) is 22.1. The molecule has 0 fully saturated rings. The van der Waals surface area contributed by atoms with Crippen LogP contribution in [0.25, 0.3) is 11.4 Å². The molecule has 3 rings (SSSR count). The maximum absolute atomic E-state index is 14.2. The summed E-state index contributed by atoms with van der Waals surface area (Å²) in [5.41, 5.74) is 2.06. The molecule has 1 unspecified atom stereocenters. The standard InChI is InChI=1S/C24H25FN2O4/c1-3-29-22(24(28)30-4-2)15-17-6-9-19(10-7-17)31-16-18-8-11-21(25)20(14-18)23-26-12-5-13-27-23/h5-14,22H,3-4,15-16H2,1-2H3. The van der Waals surface area contributed by atoms with Crippen molar-refractivity contribution in [2.75, 3.05) is 13.2 Å². The molecule has 0 spiro atoms. The summed E-state index contributed by atoms with van der Waals surface area (Å²) >= 11 is 0. The Balaban J connectivity index is 1.62. The Hall–Kier alpha value is -3.32. The van der Waals surface area contributed by atoms with Crippen LogP contribution in [0.15, 0.2) is 60.9 Å². The van der Waals surface area contributed by atoms with E-state index in [1.807, 2.05) is 31.2 Å². The number of nitrogens with zero attached hydrogens (tertiary/aromatic N) is 2. The first kappa shape index (κ1) is 22.4. The number of halogens is 1. The van der Waals surface area contributed by atoms with E-state index in [1.54, 1.807) is 37.5 Å². The molecular weight excluding hydrogens is 399 g/mol. The van der Waals surface area contributed by atoms with Gasteiger partial charge in [-0.05, 0) is 55.3 Å². The van der Waals surface area contributed by atoms with Crippen molar-refractivity contribution in [1.82, 2.24) is 9.97 Å². The molecule has 0 saturated heterocycles. The van der Waals surface area contributed by atoms with Gasteiger partial charge in [0.15, 0.2) is 11.9 Å². The molecule has 0 aliphatic heterocycles. The third kappa shape index (κ3) is 6.33. The lowest BCUT2D eigenvalue weighted by Gasteiger charge is -2.16. The molecule has 7 heteroatoms. The Kier molecular flexibility index (Phi) is 8.06. The van der Waals surface area contributed by atoms with Gasteiger partial charge in [0.25, 0.3) is 0 Å². The largest absolute Gasteiger partial charge is 0.489 e. The monoisotopic (exact) mass is 424 g/mol. The van der Waals surface area contributed by atoms with Crippen LogP contribution in [0.5, 0.6) is 5.75 Å². The molecule has 0 aliphatic rings. The van der Waals surface area contributed by atoms with Gasteiger partial charge < -0.3 is 14.2 Å². The van der Waals surface area contributed by atoms with Gasteiger partial charge in [-0.2, -0.15) is 0 Å². The van der Waals surface area contributed by atoms with Gasteiger partial charge in [-0.25, -0.2) is 19.2 Å². The van der Waals surface area contributed by atoms with Crippen LogP contribution in [-0.4, -0.2) is 35.3 Å². The maximum Gasteiger partial charge on any atom is 0.335 e. The van der Waals surface area contributed by atoms with Crippen LogP contribution < -0.4 is 4.74 Å². The molecule has 1 heterocycles. The molecule has 0 radical (unpaired) electrons. The third-order valence-corrected chi connectivity index (χ3v) is 4.50. The Morgan fingerprint density at radius 3 is 2.39 bits per heavy atom. The van der Waals surface area contributed by atoms with Crippen molar-refractivity contribution in [2.45, 2.75) is 33.0 Å². The van der Waals surface area contributed by atoms with Crippen molar-refractivity contribution in [3.8, 4) is 17.1 Å². The minimum atomic E-state index is -0.630. The number of aromatic nitrogens is 2.